The Morgan fingerprint density at radius 2 is 1.33 bits per heavy atom. The summed E-state index contributed by atoms with van der Waals surface area (Å²) in [7, 11) is 1.41. The molecule has 0 fully saturated rings. The molecule has 0 spiro atoms. The number of rotatable bonds is 4. The van der Waals surface area contributed by atoms with E-state index < -0.39 is 5.54 Å². The summed E-state index contributed by atoms with van der Waals surface area (Å²) in [6.45, 7) is 0. The summed E-state index contributed by atoms with van der Waals surface area (Å²) in [5.74, 6) is -0.359. The first kappa shape index (κ1) is 16.1. The summed E-state index contributed by atoms with van der Waals surface area (Å²) in [5, 5.41) is 0. The molecule has 0 aliphatic rings. The molecule has 0 radical (unpaired) electrons. The third-order valence-electron chi connectivity index (χ3n) is 4.05. The average Bonchev–Trinajstić information content (AvgIpc) is 2.65. The molecule has 120 valence electrons. The maximum Gasteiger partial charge on any atom is 0.341 e. The van der Waals surface area contributed by atoms with E-state index in [4.69, 9.17) is 17.0 Å². The summed E-state index contributed by atoms with van der Waals surface area (Å²) >= 11 is 5.19. The van der Waals surface area contributed by atoms with Crippen LogP contribution in [0.15, 0.2) is 85.2 Å². The quantitative estimate of drug-likeness (QED) is 0.529. The van der Waals surface area contributed by atoms with Crippen molar-refractivity contribution in [2.45, 2.75) is 5.54 Å². The van der Waals surface area contributed by atoms with Gasteiger partial charge in [-0.3, -0.25) is 0 Å². The molecule has 0 N–H and O–H groups in total. The molecule has 0 amide bonds. The largest absolute Gasteiger partial charge is 0.467 e. The monoisotopic (exact) mass is 335 g/mol. The van der Waals surface area contributed by atoms with Gasteiger partial charge in [0.2, 0.25) is 0 Å². The summed E-state index contributed by atoms with van der Waals surface area (Å²) in [5.41, 5.74) is 0.538. The van der Waals surface area contributed by atoms with Crippen molar-refractivity contribution < 1.29 is 9.53 Å². The standard InChI is InChI=1S/C20H17NO2S/c1-23-19(22)20(16-8-4-2-5-9-16,17-10-6-3-7-11-17)21-14-12-18(24)13-15-21/h2-15H,1H3. The van der Waals surface area contributed by atoms with E-state index in [1.807, 2.05) is 77.6 Å². The average molecular weight is 335 g/mol. The van der Waals surface area contributed by atoms with E-state index in [0.717, 1.165) is 11.1 Å². The van der Waals surface area contributed by atoms with Crippen LogP contribution in [-0.2, 0) is 15.1 Å². The molecule has 24 heavy (non-hydrogen) atoms. The Kier molecular flexibility index (Phi) is 4.58. The molecule has 0 aliphatic heterocycles. The van der Waals surface area contributed by atoms with Gasteiger partial charge >= 0.3 is 5.97 Å². The zero-order valence-electron chi connectivity index (χ0n) is 13.3. The Morgan fingerprint density at radius 3 is 1.75 bits per heavy atom. The van der Waals surface area contributed by atoms with E-state index >= 15 is 0 Å². The highest BCUT2D eigenvalue weighted by molar-refractivity contribution is 7.71. The third kappa shape index (κ3) is 2.65. The lowest BCUT2D eigenvalue weighted by molar-refractivity contribution is -0.147. The van der Waals surface area contributed by atoms with Crippen molar-refractivity contribution in [1.29, 1.82) is 0 Å². The number of carbonyl (C=O) groups excluding carboxylic acids is 1. The fraction of sp³-hybridized carbons (Fsp3) is 0.100. The Balaban J connectivity index is 2.39. The molecule has 1 heterocycles. The van der Waals surface area contributed by atoms with Gasteiger partial charge in [0, 0.05) is 16.9 Å². The van der Waals surface area contributed by atoms with Crippen molar-refractivity contribution in [2.24, 2.45) is 0 Å². The number of methoxy groups -OCH3 is 1. The minimum atomic E-state index is -1.11. The highest BCUT2D eigenvalue weighted by Crippen LogP contribution is 2.35. The number of hydrogen-bond donors (Lipinski definition) is 0. The maximum absolute atomic E-state index is 13.1. The van der Waals surface area contributed by atoms with Crippen LogP contribution in [-0.4, -0.2) is 17.6 Å². The predicted molar refractivity (Wildman–Crippen MR) is 96.3 cm³/mol. The number of aromatic nitrogens is 1. The normalized spacial score (nSPS) is 11.0. The number of ether oxygens (including phenoxy) is 1. The van der Waals surface area contributed by atoms with Crippen LogP contribution in [0.3, 0.4) is 0 Å². The van der Waals surface area contributed by atoms with Crippen molar-refractivity contribution in [2.75, 3.05) is 7.11 Å². The number of benzene rings is 2. The molecule has 1 aromatic heterocycles. The summed E-state index contributed by atoms with van der Waals surface area (Å²) in [6, 6.07) is 22.8. The Hall–Kier alpha value is -2.72. The van der Waals surface area contributed by atoms with E-state index in [1.165, 1.54) is 7.11 Å². The SMILES string of the molecule is COC(=O)C(c1ccccc1)(c1ccccc1)n1ccc(=S)cc1. The number of esters is 1. The first-order valence-corrected chi connectivity index (χ1v) is 7.98. The first-order chi connectivity index (χ1) is 11.7. The molecular weight excluding hydrogens is 318 g/mol. The highest BCUT2D eigenvalue weighted by atomic mass is 32.1. The van der Waals surface area contributed by atoms with Gasteiger partial charge < -0.3 is 9.30 Å². The van der Waals surface area contributed by atoms with Crippen LogP contribution < -0.4 is 0 Å². The lowest BCUT2D eigenvalue weighted by atomic mass is 9.82. The van der Waals surface area contributed by atoms with Gasteiger partial charge in [0.15, 0.2) is 5.54 Å². The zero-order chi connectivity index (χ0) is 17.0. The van der Waals surface area contributed by atoms with E-state index in [1.54, 1.807) is 12.1 Å². The van der Waals surface area contributed by atoms with Crippen LogP contribution in [0.5, 0.6) is 0 Å². The van der Waals surface area contributed by atoms with Crippen molar-refractivity contribution in [3.05, 3.63) is 101 Å². The summed E-state index contributed by atoms with van der Waals surface area (Å²) < 4.78 is 7.78. The second-order valence-electron chi connectivity index (χ2n) is 5.38. The molecule has 0 atom stereocenters. The van der Waals surface area contributed by atoms with Crippen LogP contribution in [0, 0.1) is 4.51 Å². The summed E-state index contributed by atoms with van der Waals surface area (Å²) in [6.07, 6.45) is 3.64. The molecule has 3 nitrogen and oxygen atoms in total. The molecule has 4 heteroatoms. The number of pyridine rings is 1. The smallest absolute Gasteiger partial charge is 0.341 e. The molecule has 0 aliphatic carbocycles. The van der Waals surface area contributed by atoms with Gasteiger partial charge in [-0.25, -0.2) is 4.79 Å². The predicted octanol–water partition coefficient (Wildman–Crippen LogP) is 4.18. The molecule has 0 saturated carbocycles. The molecule has 0 bridgehead atoms. The Labute approximate surface area is 146 Å². The fourth-order valence-electron chi connectivity index (χ4n) is 2.95. The Bertz CT molecular complexity index is 828. The lowest BCUT2D eigenvalue weighted by Gasteiger charge is -2.34. The van der Waals surface area contributed by atoms with Crippen molar-refractivity contribution >= 4 is 18.2 Å². The van der Waals surface area contributed by atoms with Gasteiger partial charge in [0.05, 0.1) is 7.11 Å². The molecule has 0 saturated heterocycles. The van der Waals surface area contributed by atoms with Crippen LogP contribution in [0.1, 0.15) is 11.1 Å². The van der Waals surface area contributed by atoms with Gasteiger partial charge in [0.1, 0.15) is 0 Å². The summed E-state index contributed by atoms with van der Waals surface area (Å²) in [4.78, 5) is 13.1. The number of carbonyl (C=O) groups is 1. The molecular formula is C20H17NO2S. The fourth-order valence-corrected chi connectivity index (χ4v) is 3.07. The number of hydrogen-bond acceptors (Lipinski definition) is 3. The van der Waals surface area contributed by atoms with Gasteiger partial charge in [-0.15, -0.1) is 0 Å². The zero-order valence-corrected chi connectivity index (χ0v) is 14.1. The highest BCUT2D eigenvalue weighted by Gasteiger charge is 2.44. The van der Waals surface area contributed by atoms with E-state index in [9.17, 15) is 4.79 Å². The molecule has 3 aromatic rings. The third-order valence-corrected chi connectivity index (χ3v) is 4.32. The van der Waals surface area contributed by atoms with Gasteiger partial charge in [-0.05, 0) is 23.3 Å². The van der Waals surface area contributed by atoms with Gasteiger partial charge in [-0.2, -0.15) is 0 Å². The Morgan fingerprint density at radius 1 is 0.875 bits per heavy atom. The van der Waals surface area contributed by atoms with E-state index in [0.29, 0.717) is 4.51 Å². The topological polar surface area (TPSA) is 31.2 Å². The first-order valence-electron chi connectivity index (χ1n) is 7.58. The van der Waals surface area contributed by atoms with Crippen LogP contribution in [0.4, 0.5) is 0 Å². The maximum atomic E-state index is 13.1. The van der Waals surface area contributed by atoms with Crippen LogP contribution >= 0.6 is 12.2 Å². The van der Waals surface area contributed by atoms with Crippen LogP contribution in [0.2, 0.25) is 0 Å². The van der Waals surface area contributed by atoms with Crippen molar-refractivity contribution in [1.82, 2.24) is 4.57 Å². The van der Waals surface area contributed by atoms with Gasteiger partial charge in [0.25, 0.3) is 0 Å². The molecule has 0 unspecified atom stereocenters. The minimum absolute atomic E-state index is 0.359. The van der Waals surface area contributed by atoms with Crippen LogP contribution in [0.25, 0.3) is 0 Å². The molecule has 2 aromatic carbocycles. The number of nitrogens with zero attached hydrogens (tertiary/aromatic N) is 1. The van der Waals surface area contributed by atoms with Crippen molar-refractivity contribution in [3.63, 3.8) is 0 Å². The lowest BCUT2D eigenvalue weighted by Crippen LogP contribution is -2.44. The van der Waals surface area contributed by atoms with E-state index in [-0.39, 0.29) is 5.97 Å². The second kappa shape index (κ2) is 6.81. The minimum Gasteiger partial charge on any atom is -0.467 e. The van der Waals surface area contributed by atoms with Gasteiger partial charge in [-0.1, -0.05) is 72.9 Å². The molecule has 3 rings (SSSR count). The van der Waals surface area contributed by atoms with E-state index in [2.05, 4.69) is 0 Å². The second-order valence-corrected chi connectivity index (χ2v) is 5.85. The van der Waals surface area contributed by atoms with Crippen molar-refractivity contribution in [3.8, 4) is 0 Å².